The second-order valence-corrected chi connectivity index (χ2v) is 3.77. The molecule has 2 aromatic rings. The van der Waals surface area contributed by atoms with Gasteiger partial charge in [0.15, 0.2) is 0 Å². The molecule has 1 aromatic heterocycles. The van der Waals surface area contributed by atoms with Crippen LogP contribution < -0.4 is 4.90 Å². The van der Waals surface area contributed by atoms with E-state index in [0.29, 0.717) is 5.69 Å². The third-order valence-corrected chi connectivity index (χ3v) is 2.57. The van der Waals surface area contributed by atoms with Gasteiger partial charge in [0.25, 0.3) is 5.91 Å². The predicted octanol–water partition coefficient (Wildman–Crippen LogP) is 1.77. The summed E-state index contributed by atoms with van der Waals surface area (Å²) in [6.07, 6.45) is 3.14. The molecule has 0 saturated carbocycles. The van der Waals surface area contributed by atoms with E-state index in [2.05, 4.69) is 4.98 Å². The first-order valence-corrected chi connectivity index (χ1v) is 5.29. The highest BCUT2D eigenvalue weighted by Gasteiger charge is 2.17. The van der Waals surface area contributed by atoms with E-state index < -0.39 is 5.91 Å². The van der Waals surface area contributed by atoms with Crippen LogP contribution in [0, 0.1) is 0 Å². The lowest BCUT2D eigenvalue weighted by Gasteiger charge is -2.17. The number of benzene rings is 1. The number of anilines is 1. The first-order valence-electron chi connectivity index (χ1n) is 5.29. The number of rotatable bonds is 2. The number of carbonyl (C=O) groups excluding carboxylic acids is 1. The van der Waals surface area contributed by atoms with Crippen LogP contribution in [0.3, 0.4) is 0 Å². The Balaban J connectivity index is 2.34. The molecule has 1 aromatic carbocycles. The number of phenolic OH excluding ortho intramolecular Hbond substituents is 2. The fourth-order valence-corrected chi connectivity index (χ4v) is 1.56. The Hall–Kier alpha value is -2.56. The Morgan fingerprint density at radius 3 is 2.50 bits per heavy atom. The van der Waals surface area contributed by atoms with Gasteiger partial charge in [0.2, 0.25) is 0 Å². The molecule has 0 aliphatic heterocycles. The number of aromatic nitrogens is 1. The number of aromatic hydroxyl groups is 2. The molecule has 2 N–H and O–H groups in total. The van der Waals surface area contributed by atoms with E-state index >= 15 is 0 Å². The molecule has 5 heteroatoms. The maximum atomic E-state index is 12.2. The van der Waals surface area contributed by atoms with E-state index in [0.717, 1.165) is 0 Å². The first kappa shape index (κ1) is 11.9. The molecular formula is C13H12N2O3. The quantitative estimate of drug-likeness (QED) is 0.789. The SMILES string of the molecule is CN(C(=O)c1cc(O)ccc1O)c1ccncc1. The zero-order chi connectivity index (χ0) is 13.1. The Kier molecular flexibility index (Phi) is 3.14. The zero-order valence-corrected chi connectivity index (χ0v) is 9.74. The summed E-state index contributed by atoms with van der Waals surface area (Å²) >= 11 is 0. The van der Waals surface area contributed by atoms with Crippen LogP contribution in [0.2, 0.25) is 0 Å². The lowest BCUT2D eigenvalue weighted by Crippen LogP contribution is -2.26. The van der Waals surface area contributed by atoms with Gasteiger partial charge in [-0.15, -0.1) is 0 Å². The summed E-state index contributed by atoms with van der Waals surface area (Å²) in [5.41, 5.74) is 0.701. The molecule has 2 rings (SSSR count). The molecule has 0 fully saturated rings. The summed E-state index contributed by atoms with van der Waals surface area (Å²) in [6, 6.07) is 7.19. The predicted molar refractivity (Wildman–Crippen MR) is 66.7 cm³/mol. The minimum atomic E-state index is -0.408. The first-order chi connectivity index (χ1) is 8.59. The van der Waals surface area contributed by atoms with Gasteiger partial charge in [0, 0.05) is 25.1 Å². The largest absolute Gasteiger partial charge is 0.508 e. The monoisotopic (exact) mass is 244 g/mol. The van der Waals surface area contributed by atoms with Crippen molar-refractivity contribution < 1.29 is 15.0 Å². The number of nitrogens with zero attached hydrogens (tertiary/aromatic N) is 2. The Labute approximate surface area is 104 Å². The smallest absolute Gasteiger partial charge is 0.261 e. The van der Waals surface area contributed by atoms with Crippen molar-refractivity contribution in [3.8, 4) is 11.5 Å². The second-order valence-electron chi connectivity index (χ2n) is 3.77. The molecule has 1 amide bonds. The number of carbonyl (C=O) groups is 1. The van der Waals surface area contributed by atoms with Crippen molar-refractivity contribution in [2.24, 2.45) is 0 Å². The molecule has 0 aliphatic carbocycles. The van der Waals surface area contributed by atoms with E-state index in [1.54, 1.807) is 31.6 Å². The van der Waals surface area contributed by atoms with Crippen LogP contribution in [-0.4, -0.2) is 28.2 Å². The Morgan fingerprint density at radius 1 is 1.17 bits per heavy atom. The lowest BCUT2D eigenvalue weighted by molar-refractivity contribution is 0.0990. The van der Waals surface area contributed by atoms with Gasteiger partial charge >= 0.3 is 0 Å². The van der Waals surface area contributed by atoms with E-state index in [-0.39, 0.29) is 17.1 Å². The summed E-state index contributed by atoms with van der Waals surface area (Å²) in [6.45, 7) is 0. The van der Waals surface area contributed by atoms with Crippen LogP contribution in [-0.2, 0) is 0 Å². The van der Waals surface area contributed by atoms with Gasteiger partial charge in [0.05, 0.1) is 5.56 Å². The molecule has 0 unspecified atom stereocenters. The van der Waals surface area contributed by atoms with Gasteiger partial charge in [-0.05, 0) is 30.3 Å². The fraction of sp³-hybridized carbons (Fsp3) is 0.0769. The van der Waals surface area contributed by atoms with Crippen LogP contribution in [0.4, 0.5) is 5.69 Å². The molecule has 0 saturated heterocycles. The van der Waals surface area contributed by atoms with Crippen molar-refractivity contribution in [2.45, 2.75) is 0 Å². The summed E-state index contributed by atoms with van der Waals surface area (Å²) in [4.78, 5) is 17.4. The number of pyridine rings is 1. The molecule has 92 valence electrons. The zero-order valence-electron chi connectivity index (χ0n) is 9.74. The van der Waals surface area contributed by atoms with Crippen LogP contribution in [0.25, 0.3) is 0 Å². The number of amides is 1. The van der Waals surface area contributed by atoms with Crippen LogP contribution in [0.1, 0.15) is 10.4 Å². The topological polar surface area (TPSA) is 73.7 Å². The number of hydrogen-bond acceptors (Lipinski definition) is 4. The van der Waals surface area contributed by atoms with Gasteiger partial charge < -0.3 is 15.1 Å². The van der Waals surface area contributed by atoms with Crippen molar-refractivity contribution in [3.05, 3.63) is 48.3 Å². The van der Waals surface area contributed by atoms with Gasteiger partial charge in [0.1, 0.15) is 11.5 Å². The standard InChI is InChI=1S/C13H12N2O3/c1-15(9-4-6-14-7-5-9)13(18)11-8-10(16)2-3-12(11)17/h2-8,16-17H,1H3. The summed E-state index contributed by atoms with van der Waals surface area (Å²) in [7, 11) is 1.58. The summed E-state index contributed by atoms with van der Waals surface area (Å²) < 4.78 is 0. The van der Waals surface area contributed by atoms with E-state index in [1.807, 2.05) is 0 Å². The van der Waals surface area contributed by atoms with Gasteiger partial charge in [-0.25, -0.2) is 0 Å². The lowest BCUT2D eigenvalue weighted by atomic mass is 10.1. The maximum absolute atomic E-state index is 12.2. The molecule has 18 heavy (non-hydrogen) atoms. The van der Waals surface area contributed by atoms with Crippen molar-refractivity contribution >= 4 is 11.6 Å². The third-order valence-electron chi connectivity index (χ3n) is 2.57. The van der Waals surface area contributed by atoms with E-state index in [1.165, 1.54) is 23.1 Å². The highest BCUT2D eigenvalue weighted by molar-refractivity contribution is 6.07. The van der Waals surface area contributed by atoms with Gasteiger partial charge in [-0.1, -0.05) is 0 Å². The maximum Gasteiger partial charge on any atom is 0.261 e. The van der Waals surface area contributed by atoms with E-state index in [4.69, 9.17) is 0 Å². The summed E-state index contributed by atoms with van der Waals surface area (Å²) in [5, 5.41) is 19.0. The van der Waals surface area contributed by atoms with Crippen LogP contribution in [0.15, 0.2) is 42.7 Å². The molecule has 0 spiro atoms. The highest BCUT2D eigenvalue weighted by Crippen LogP contribution is 2.24. The van der Waals surface area contributed by atoms with Gasteiger partial charge in [-0.2, -0.15) is 0 Å². The Bertz CT molecular complexity index is 570. The van der Waals surface area contributed by atoms with Crippen molar-refractivity contribution in [1.82, 2.24) is 4.98 Å². The molecule has 0 radical (unpaired) electrons. The van der Waals surface area contributed by atoms with Crippen LogP contribution in [0.5, 0.6) is 11.5 Å². The molecule has 0 bridgehead atoms. The third kappa shape index (κ3) is 2.24. The number of hydrogen-bond donors (Lipinski definition) is 2. The van der Waals surface area contributed by atoms with Crippen molar-refractivity contribution in [2.75, 3.05) is 11.9 Å². The minimum absolute atomic E-state index is 0.0503. The average molecular weight is 244 g/mol. The minimum Gasteiger partial charge on any atom is -0.508 e. The van der Waals surface area contributed by atoms with Crippen molar-refractivity contribution in [1.29, 1.82) is 0 Å². The van der Waals surface area contributed by atoms with Crippen molar-refractivity contribution in [3.63, 3.8) is 0 Å². The normalized spacial score (nSPS) is 10.1. The highest BCUT2D eigenvalue weighted by atomic mass is 16.3. The Morgan fingerprint density at radius 2 is 1.83 bits per heavy atom. The molecular weight excluding hydrogens is 232 g/mol. The number of phenols is 2. The summed E-state index contributed by atoms with van der Waals surface area (Å²) in [5.74, 6) is -0.646. The molecule has 5 nitrogen and oxygen atoms in total. The van der Waals surface area contributed by atoms with E-state index in [9.17, 15) is 15.0 Å². The average Bonchev–Trinajstić information content (AvgIpc) is 2.41. The second kappa shape index (κ2) is 4.75. The molecule has 1 heterocycles. The van der Waals surface area contributed by atoms with Crippen LogP contribution >= 0.6 is 0 Å². The molecule has 0 atom stereocenters. The molecule has 0 aliphatic rings. The fourth-order valence-electron chi connectivity index (χ4n) is 1.56. The van der Waals surface area contributed by atoms with Gasteiger partial charge in [-0.3, -0.25) is 9.78 Å².